The molecule has 0 saturated heterocycles. The number of carbonyl (C=O) groups is 2. The molecule has 0 saturated carbocycles. The molecule has 142 valence electrons. The molecular formula is C20H18N4O3S. The van der Waals surface area contributed by atoms with Crippen LogP contribution in [0.25, 0.3) is 15.3 Å². The minimum atomic E-state index is -0.671. The quantitative estimate of drug-likeness (QED) is 0.526. The Kier molecular flexibility index (Phi) is 4.94. The zero-order valence-electron chi connectivity index (χ0n) is 15.1. The number of fused-ring (bicyclic) bond motifs is 1. The number of hydrogen-bond donors (Lipinski definition) is 2. The molecule has 3 heterocycles. The second-order valence-electron chi connectivity index (χ2n) is 6.26. The number of furan rings is 1. The molecule has 1 aromatic carbocycles. The van der Waals surface area contributed by atoms with Crippen molar-refractivity contribution in [2.45, 2.75) is 19.5 Å². The van der Waals surface area contributed by atoms with E-state index < -0.39 is 6.04 Å². The maximum atomic E-state index is 12.5. The van der Waals surface area contributed by atoms with E-state index in [-0.39, 0.29) is 18.4 Å². The van der Waals surface area contributed by atoms with E-state index in [0.717, 1.165) is 15.3 Å². The van der Waals surface area contributed by atoms with Gasteiger partial charge in [0.25, 0.3) is 5.91 Å². The lowest BCUT2D eigenvalue weighted by Crippen LogP contribution is -2.44. The molecule has 8 heteroatoms. The Bertz CT molecular complexity index is 1100. The van der Waals surface area contributed by atoms with Gasteiger partial charge in [-0.3, -0.25) is 9.59 Å². The summed E-state index contributed by atoms with van der Waals surface area (Å²) in [6.45, 7) is 1.92. The number of hydrogen-bond acceptors (Lipinski definition) is 5. The van der Waals surface area contributed by atoms with Crippen LogP contribution < -0.4 is 10.6 Å². The summed E-state index contributed by atoms with van der Waals surface area (Å²) in [7, 11) is 0. The number of aromatic nitrogens is 2. The van der Waals surface area contributed by atoms with Gasteiger partial charge >= 0.3 is 0 Å². The van der Waals surface area contributed by atoms with E-state index in [4.69, 9.17) is 4.42 Å². The van der Waals surface area contributed by atoms with Crippen molar-refractivity contribution in [2.24, 2.45) is 0 Å². The van der Waals surface area contributed by atoms with Gasteiger partial charge in [0.15, 0.2) is 5.13 Å². The summed E-state index contributed by atoms with van der Waals surface area (Å²) < 4.78 is 8.01. The molecule has 0 aliphatic heterocycles. The van der Waals surface area contributed by atoms with Gasteiger partial charge in [-0.25, -0.2) is 4.98 Å². The van der Waals surface area contributed by atoms with Gasteiger partial charge in [-0.05, 0) is 49.4 Å². The summed E-state index contributed by atoms with van der Waals surface area (Å²) >= 11 is 1.50. The van der Waals surface area contributed by atoms with E-state index >= 15 is 0 Å². The maximum absolute atomic E-state index is 12.5. The van der Waals surface area contributed by atoms with E-state index in [0.29, 0.717) is 11.3 Å². The van der Waals surface area contributed by atoms with Gasteiger partial charge in [0, 0.05) is 18.0 Å². The predicted octanol–water partition coefficient (Wildman–Crippen LogP) is 3.11. The highest BCUT2D eigenvalue weighted by Gasteiger charge is 2.17. The number of amides is 2. The summed E-state index contributed by atoms with van der Waals surface area (Å²) in [5.74, 6) is 0.0676. The van der Waals surface area contributed by atoms with Crippen LogP contribution in [0.1, 0.15) is 23.0 Å². The first-order valence-corrected chi connectivity index (χ1v) is 9.57. The molecule has 3 aromatic heterocycles. The lowest BCUT2D eigenvalue weighted by molar-refractivity contribution is -0.122. The lowest BCUT2D eigenvalue weighted by Gasteiger charge is -2.13. The summed E-state index contributed by atoms with van der Waals surface area (Å²) in [4.78, 5) is 29.3. The normalized spacial score (nSPS) is 12.0. The first-order chi connectivity index (χ1) is 13.6. The number of nitrogens with one attached hydrogen (secondary N) is 2. The Morgan fingerprint density at radius 1 is 1.21 bits per heavy atom. The molecule has 0 bridgehead atoms. The lowest BCUT2D eigenvalue weighted by atomic mass is 10.2. The summed E-state index contributed by atoms with van der Waals surface area (Å²) in [6.07, 6.45) is 5.40. The minimum Gasteiger partial charge on any atom is -0.467 e. The van der Waals surface area contributed by atoms with E-state index in [2.05, 4.69) is 15.6 Å². The third kappa shape index (κ3) is 3.81. The SMILES string of the molecule is C[C@H](NC(=O)c1ccc2nc(-n3cccc3)sc2c1)C(=O)NCc1ccco1. The standard InChI is InChI=1S/C20H18N4O3S/c1-13(18(25)21-12-15-5-4-10-27-15)22-19(26)14-6-7-16-17(11-14)28-20(23-16)24-8-2-3-9-24/h2-11,13H,12H2,1H3,(H,21,25)(H,22,26)/t13-/m0/s1. The number of thiazole rings is 1. The third-order valence-electron chi connectivity index (χ3n) is 4.22. The number of benzene rings is 1. The molecule has 0 fully saturated rings. The molecular weight excluding hydrogens is 376 g/mol. The maximum Gasteiger partial charge on any atom is 0.251 e. The Balaban J connectivity index is 1.42. The zero-order chi connectivity index (χ0) is 19.5. The summed E-state index contributed by atoms with van der Waals surface area (Å²) in [5, 5.41) is 6.29. The fraction of sp³-hybridized carbons (Fsp3) is 0.150. The monoisotopic (exact) mass is 394 g/mol. The van der Waals surface area contributed by atoms with Gasteiger partial charge in [-0.2, -0.15) is 0 Å². The van der Waals surface area contributed by atoms with E-state index in [1.807, 2.05) is 35.2 Å². The Hall–Kier alpha value is -3.39. The van der Waals surface area contributed by atoms with Crippen LogP contribution in [-0.4, -0.2) is 27.4 Å². The van der Waals surface area contributed by atoms with Crippen molar-refractivity contribution in [2.75, 3.05) is 0 Å². The molecule has 0 spiro atoms. The summed E-state index contributed by atoms with van der Waals surface area (Å²) in [6, 6.07) is 12.0. The molecule has 28 heavy (non-hydrogen) atoms. The number of nitrogens with zero attached hydrogens (tertiary/aromatic N) is 2. The van der Waals surface area contributed by atoms with Crippen LogP contribution in [0.15, 0.2) is 65.5 Å². The van der Waals surface area contributed by atoms with E-state index in [1.165, 1.54) is 11.3 Å². The van der Waals surface area contributed by atoms with Gasteiger partial charge in [0.05, 0.1) is 23.0 Å². The Morgan fingerprint density at radius 2 is 2.04 bits per heavy atom. The van der Waals surface area contributed by atoms with Gasteiger partial charge in [-0.15, -0.1) is 0 Å². The smallest absolute Gasteiger partial charge is 0.251 e. The minimum absolute atomic E-state index is 0.279. The molecule has 1 atom stereocenters. The van der Waals surface area contributed by atoms with Crippen molar-refractivity contribution in [3.8, 4) is 5.13 Å². The van der Waals surface area contributed by atoms with Crippen LogP contribution in [0.4, 0.5) is 0 Å². The van der Waals surface area contributed by atoms with E-state index in [9.17, 15) is 9.59 Å². The van der Waals surface area contributed by atoms with Gasteiger partial charge in [0.2, 0.25) is 5.91 Å². The highest BCUT2D eigenvalue weighted by molar-refractivity contribution is 7.20. The largest absolute Gasteiger partial charge is 0.467 e. The summed E-state index contributed by atoms with van der Waals surface area (Å²) in [5.41, 5.74) is 1.32. The van der Waals surface area contributed by atoms with Gasteiger partial charge in [-0.1, -0.05) is 11.3 Å². The second kappa shape index (κ2) is 7.69. The van der Waals surface area contributed by atoms with Crippen molar-refractivity contribution in [1.82, 2.24) is 20.2 Å². The molecule has 2 amide bonds. The van der Waals surface area contributed by atoms with Crippen LogP contribution >= 0.6 is 11.3 Å². The fourth-order valence-corrected chi connectivity index (χ4v) is 3.68. The molecule has 2 N–H and O–H groups in total. The van der Waals surface area contributed by atoms with Gasteiger partial charge in [0.1, 0.15) is 11.8 Å². The average Bonchev–Trinajstić information content (AvgIpc) is 3.46. The topological polar surface area (TPSA) is 89.2 Å². The molecule has 0 aliphatic rings. The van der Waals surface area contributed by atoms with Crippen LogP contribution in [0, 0.1) is 0 Å². The molecule has 0 radical (unpaired) electrons. The van der Waals surface area contributed by atoms with Crippen LogP contribution in [-0.2, 0) is 11.3 Å². The average molecular weight is 394 g/mol. The highest BCUT2D eigenvalue weighted by atomic mass is 32.1. The van der Waals surface area contributed by atoms with Crippen LogP contribution in [0.2, 0.25) is 0 Å². The first kappa shape index (κ1) is 18.0. The highest BCUT2D eigenvalue weighted by Crippen LogP contribution is 2.26. The first-order valence-electron chi connectivity index (χ1n) is 8.75. The van der Waals surface area contributed by atoms with Crippen molar-refractivity contribution in [3.63, 3.8) is 0 Å². The second-order valence-corrected chi connectivity index (χ2v) is 7.27. The Morgan fingerprint density at radius 3 is 2.79 bits per heavy atom. The fourth-order valence-electron chi connectivity index (χ4n) is 2.71. The van der Waals surface area contributed by atoms with Crippen molar-refractivity contribution >= 4 is 33.4 Å². The van der Waals surface area contributed by atoms with Crippen molar-refractivity contribution in [1.29, 1.82) is 0 Å². The molecule has 0 unspecified atom stereocenters. The van der Waals surface area contributed by atoms with Crippen LogP contribution in [0.3, 0.4) is 0 Å². The third-order valence-corrected chi connectivity index (χ3v) is 5.25. The van der Waals surface area contributed by atoms with Crippen LogP contribution in [0.5, 0.6) is 0 Å². The molecule has 4 aromatic rings. The molecule has 0 aliphatic carbocycles. The molecule has 4 rings (SSSR count). The number of carbonyl (C=O) groups excluding carboxylic acids is 2. The Labute approximate surface area is 165 Å². The molecule has 7 nitrogen and oxygen atoms in total. The van der Waals surface area contributed by atoms with Crippen molar-refractivity contribution < 1.29 is 14.0 Å². The van der Waals surface area contributed by atoms with Gasteiger partial charge < -0.3 is 19.6 Å². The zero-order valence-corrected chi connectivity index (χ0v) is 15.9. The number of rotatable bonds is 6. The van der Waals surface area contributed by atoms with E-state index in [1.54, 1.807) is 37.5 Å². The van der Waals surface area contributed by atoms with Crippen molar-refractivity contribution in [3.05, 3.63) is 72.4 Å². The predicted molar refractivity (Wildman–Crippen MR) is 106 cm³/mol.